The van der Waals surface area contributed by atoms with Crippen molar-refractivity contribution >= 4 is 11.7 Å². The summed E-state index contributed by atoms with van der Waals surface area (Å²) in [6.07, 6.45) is 0. The second kappa shape index (κ2) is 7.48. The third kappa shape index (κ3) is 3.80. The minimum absolute atomic E-state index is 0.193. The molecule has 0 bridgehead atoms. The normalized spacial score (nSPS) is 10.6. The van der Waals surface area contributed by atoms with E-state index in [9.17, 15) is 4.79 Å². The summed E-state index contributed by atoms with van der Waals surface area (Å²) in [6, 6.07) is 18.2. The van der Waals surface area contributed by atoms with Crippen LogP contribution in [0.4, 0.5) is 10.5 Å². The van der Waals surface area contributed by atoms with E-state index in [2.05, 4.69) is 53.3 Å². The van der Waals surface area contributed by atoms with Gasteiger partial charge in [-0.15, -0.1) is 0 Å². The number of aryl methyl sites for hydroxylation is 3. The highest BCUT2D eigenvalue weighted by Gasteiger charge is 2.12. The fraction of sp³-hybridized carbons (Fsp3) is 0.227. The van der Waals surface area contributed by atoms with Gasteiger partial charge in [-0.2, -0.15) is 0 Å². The van der Waals surface area contributed by atoms with Crippen LogP contribution in [0.25, 0.3) is 5.69 Å². The number of hydrogen-bond acceptors (Lipinski definition) is 1. The molecule has 2 amide bonds. The van der Waals surface area contributed by atoms with Crippen molar-refractivity contribution in [1.82, 2.24) is 9.88 Å². The summed E-state index contributed by atoms with van der Waals surface area (Å²) in [4.78, 5) is 12.3. The van der Waals surface area contributed by atoms with Crippen molar-refractivity contribution < 1.29 is 4.79 Å². The van der Waals surface area contributed by atoms with Gasteiger partial charge >= 0.3 is 6.03 Å². The molecule has 0 atom stereocenters. The van der Waals surface area contributed by atoms with Gasteiger partial charge in [-0.05, 0) is 63.1 Å². The number of benzene rings is 2. The van der Waals surface area contributed by atoms with Gasteiger partial charge in [0, 0.05) is 29.3 Å². The number of amides is 2. The molecular weight excluding hydrogens is 322 g/mol. The quantitative estimate of drug-likeness (QED) is 0.683. The summed E-state index contributed by atoms with van der Waals surface area (Å²) in [6.45, 7) is 8.69. The van der Waals surface area contributed by atoms with Gasteiger partial charge in [-0.25, -0.2) is 4.79 Å². The Labute approximate surface area is 154 Å². The number of para-hydroxylation sites is 1. The van der Waals surface area contributed by atoms with Crippen LogP contribution in [0.5, 0.6) is 0 Å². The van der Waals surface area contributed by atoms with Gasteiger partial charge in [-0.1, -0.05) is 35.9 Å². The summed E-state index contributed by atoms with van der Waals surface area (Å²) < 4.78 is 2.21. The molecule has 2 N–H and O–H groups in total. The van der Waals surface area contributed by atoms with Crippen LogP contribution in [0.2, 0.25) is 0 Å². The topological polar surface area (TPSA) is 46.1 Å². The first kappa shape index (κ1) is 17.8. The maximum absolute atomic E-state index is 12.3. The molecule has 0 saturated carbocycles. The summed E-state index contributed by atoms with van der Waals surface area (Å²) in [7, 11) is 0. The molecule has 2 aromatic carbocycles. The van der Waals surface area contributed by atoms with Gasteiger partial charge in [0.25, 0.3) is 0 Å². The maximum atomic E-state index is 12.3. The van der Waals surface area contributed by atoms with Crippen molar-refractivity contribution in [2.75, 3.05) is 5.32 Å². The lowest BCUT2D eigenvalue weighted by Gasteiger charge is -2.12. The number of hydrogen-bond donors (Lipinski definition) is 2. The molecule has 1 aromatic heterocycles. The third-order valence-corrected chi connectivity index (χ3v) is 4.62. The number of nitrogens with one attached hydrogen (secondary N) is 2. The van der Waals surface area contributed by atoms with Crippen LogP contribution in [0.3, 0.4) is 0 Å². The largest absolute Gasteiger partial charge is 0.334 e. The van der Waals surface area contributed by atoms with E-state index in [0.717, 1.165) is 33.9 Å². The Morgan fingerprint density at radius 3 is 2.38 bits per heavy atom. The molecule has 1 heterocycles. The first-order chi connectivity index (χ1) is 12.5. The molecule has 0 unspecified atom stereocenters. The fourth-order valence-electron chi connectivity index (χ4n) is 3.28. The predicted molar refractivity (Wildman–Crippen MR) is 107 cm³/mol. The lowest BCUT2D eigenvalue weighted by molar-refractivity contribution is 0.251. The Hall–Kier alpha value is -3.01. The van der Waals surface area contributed by atoms with Crippen molar-refractivity contribution in [3.8, 4) is 5.69 Å². The van der Waals surface area contributed by atoms with Gasteiger partial charge in [0.15, 0.2) is 0 Å². The third-order valence-electron chi connectivity index (χ3n) is 4.62. The highest BCUT2D eigenvalue weighted by molar-refractivity contribution is 5.90. The van der Waals surface area contributed by atoms with Crippen LogP contribution in [0.15, 0.2) is 54.6 Å². The van der Waals surface area contributed by atoms with Gasteiger partial charge in [0.05, 0.1) is 0 Å². The van der Waals surface area contributed by atoms with Crippen molar-refractivity contribution in [3.63, 3.8) is 0 Å². The van der Waals surface area contributed by atoms with Crippen LogP contribution in [0.1, 0.15) is 28.1 Å². The summed E-state index contributed by atoms with van der Waals surface area (Å²) in [5, 5.41) is 5.88. The van der Waals surface area contributed by atoms with Crippen molar-refractivity contribution in [2.24, 2.45) is 0 Å². The summed E-state index contributed by atoms with van der Waals surface area (Å²) >= 11 is 0. The minimum Gasteiger partial charge on any atom is -0.334 e. The van der Waals surface area contributed by atoms with Crippen LogP contribution >= 0.6 is 0 Å². The van der Waals surface area contributed by atoms with E-state index in [0.29, 0.717) is 6.54 Å². The Morgan fingerprint density at radius 1 is 0.962 bits per heavy atom. The Morgan fingerprint density at radius 2 is 1.69 bits per heavy atom. The van der Waals surface area contributed by atoms with E-state index in [1.807, 2.05) is 44.2 Å². The molecule has 4 nitrogen and oxygen atoms in total. The molecule has 0 aliphatic heterocycles. The smallest absolute Gasteiger partial charge is 0.319 e. The average molecular weight is 347 g/mol. The van der Waals surface area contributed by atoms with Crippen LogP contribution in [-0.2, 0) is 6.54 Å². The minimum atomic E-state index is -0.193. The lowest BCUT2D eigenvalue weighted by atomic mass is 10.1. The zero-order valence-electron chi connectivity index (χ0n) is 15.8. The molecule has 0 aliphatic carbocycles. The zero-order chi connectivity index (χ0) is 18.7. The predicted octanol–water partition coefficient (Wildman–Crippen LogP) is 5.03. The highest BCUT2D eigenvalue weighted by atomic mass is 16.2. The molecule has 3 aromatic rings. The molecule has 134 valence electrons. The molecule has 3 rings (SSSR count). The van der Waals surface area contributed by atoms with Gasteiger partial charge < -0.3 is 15.2 Å². The number of rotatable bonds is 4. The van der Waals surface area contributed by atoms with Gasteiger partial charge in [0.2, 0.25) is 0 Å². The number of carbonyl (C=O) groups excluding carboxylic acids is 1. The fourth-order valence-corrected chi connectivity index (χ4v) is 3.28. The molecule has 0 saturated heterocycles. The van der Waals surface area contributed by atoms with Gasteiger partial charge in [0.1, 0.15) is 0 Å². The Balaban J connectivity index is 1.69. The first-order valence-corrected chi connectivity index (χ1v) is 8.81. The van der Waals surface area contributed by atoms with Crippen molar-refractivity contribution in [1.29, 1.82) is 0 Å². The second-order valence-corrected chi connectivity index (χ2v) is 6.69. The monoisotopic (exact) mass is 347 g/mol. The Bertz CT molecular complexity index is 926. The SMILES string of the molecule is Cc1ccc(NC(=O)NCc2cc(C)n(-c3ccccc3)c2C)c(C)c1. The Kier molecular flexibility index (Phi) is 5.12. The van der Waals surface area contributed by atoms with Crippen molar-refractivity contribution in [2.45, 2.75) is 34.2 Å². The van der Waals surface area contributed by atoms with Crippen molar-refractivity contribution in [3.05, 3.63) is 82.7 Å². The highest BCUT2D eigenvalue weighted by Crippen LogP contribution is 2.21. The van der Waals surface area contributed by atoms with Crippen LogP contribution in [0, 0.1) is 27.7 Å². The van der Waals surface area contributed by atoms with Crippen LogP contribution in [-0.4, -0.2) is 10.6 Å². The van der Waals surface area contributed by atoms with Crippen LogP contribution < -0.4 is 10.6 Å². The molecule has 4 heteroatoms. The van der Waals surface area contributed by atoms with E-state index >= 15 is 0 Å². The standard InChI is InChI=1S/C22H25N3O/c1-15-10-11-21(16(2)12-15)24-22(26)23-14-19-13-17(3)25(18(19)4)20-8-6-5-7-9-20/h5-13H,14H2,1-4H3,(H2,23,24,26). The summed E-state index contributed by atoms with van der Waals surface area (Å²) in [5.74, 6) is 0. The second-order valence-electron chi connectivity index (χ2n) is 6.69. The summed E-state index contributed by atoms with van der Waals surface area (Å²) in [5.41, 5.74) is 7.61. The molecule has 26 heavy (non-hydrogen) atoms. The van der Waals surface area contributed by atoms with E-state index in [1.165, 1.54) is 5.56 Å². The number of nitrogens with zero attached hydrogens (tertiary/aromatic N) is 1. The number of aromatic nitrogens is 1. The van der Waals surface area contributed by atoms with E-state index in [4.69, 9.17) is 0 Å². The lowest BCUT2D eigenvalue weighted by Crippen LogP contribution is -2.28. The molecular formula is C22H25N3O. The number of carbonyl (C=O) groups is 1. The molecule has 0 fully saturated rings. The van der Waals surface area contributed by atoms with E-state index in [1.54, 1.807) is 0 Å². The van der Waals surface area contributed by atoms with Gasteiger partial charge in [-0.3, -0.25) is 0 Å². The number of urea groups is 1. The average Bonchev–Trinajstić information content (AvgIpc) is 2.90. The number of anilines is 1. The first-order valence-electron chi connectivity index (χ1n) is 8.81. The maximum Gasteiger partial charge on any atom is 0.319 e. The zero-order valence-corrected chi connectivity index (χ0v) is 15.8. The van der Waals surface area contributed by atoms with E-state index in [-0.39, 0.29) is 6.03 Å². The van der Waals surface area contributed by atoms with E-state index < -0.39 is 0 Å². The molecule has 0 aliphatic rings. The molecule has 0 spiro atoms. The molecule has 0 radical (unpaired) electrons.